The van der Waals surface area contributed by atoms with E-state index in [4.69, 9.17) is 5.11 Å². The molecule has 0 bridgehead atoms. The highest BCUT2D eigenvalue weighted by atomic mass is 16.4. The standard InChI is InChI=1S/C6H9NO3/c1-4(5(2)8)7-3-6(9)10/h7H,1,3H2,2H3,(H,9,10). The summed E-state index contributed by atoms with van der Waals surface area (Å²) in [6.07, 6.45) is 0. The first-order chi connectivity index (χ1) is 4.54. The molecular formula is C6H9NO3. The van der Waals surface area contributed by atoms with Crippen LogP contribution in [0.2, 0.25) is 0 Å². The first kappa shape index (κ1) is 8.68. The second-order valence-corrected chi connectivity index (χ2v) is 1.78. The lowest BCUT2D eigenvalue weighted by Crippen LogP contribution is -2.24. The van der Waals surface area contributed by atoms with E-state index in [-0.39, 0.29) is 18.0 Å². The van der Waals surface area contributed by atoms with E-state index in [0.29, 0.717) is 0 Å². The van der Waals surface area contributed by atoms with E-state index in [1.54, 1.807) is 0 Å². The van der Waals surface area contributed by atoms with Crippen LogP contribution in [0.15, 0.2) is 12.3 Å². The molecule has 56 valence electrons. The number of hydrogen-bond acceptors (Lipinski definition) is 3. The number of Topliss-reactive ketones (excluding diaryl/α,β-unsaturated/α-hetero) is 1. The van der Waals surface area contributed by atoms with Gasteiger partial charge in [0.15, 0.2) is 5.78 Å². The highest BCUT2D eigenvalue weighted by Crippen LogP contribution is 1.83. The zero-order valence-electron chi connectivity index (χ0n) is 5.68. The molecule has 0 amide bonds. The van der Waals surface area contributed by atoms with Crippen molar-refractivity contribution in [3.8, 4) is 0 Å². The summed E-state index contributed by atoms with van der Waals surface area (Å²) in [5, 5.41) is 10.5. The Kier molecular flexibility index (Phi) is 3.17. The van der Waals surface area contributed by atoms with Gasteiger partial charge in [0.05, 0.1) is 5.70 Å². The molecule has 0 aliphatic heterocycles. The smallest absolute Gasteiger partial charge is 0.322 e. The molecule has 0 atom stereocenters. The van der Waals surface area contributed by atoms with Gasteiger partial charge in [-0.15, -0.1) is 0 Å². The van der Waals surface area contributed by atoms with Crippen LogP contribution in [-0.2, 0) is 9.59 Å². The van der Waals surface area contributed by atoms with Gasteiger partial charge in [0.2, 0.25) is 0 Å². The number of carbonyl (C=O) groups excluding carboxylic acids is 1. The van der Waals surface area contributed by atoms with Crippen LogP contribution in [0.5, 0.6) is 0 Å². The minimum Gasteiger partial charge on any atom is -0.480 e. The maximum absolute atomic E-state index is 10.4. The minimum absolute atomic E-state index is 0.127. The van der Waals surface area contributed by atoms with Crippen LogP contribution >= 0.6 is 0 Å². The molecule has 0 rings (SSSR count). The van der Waals surface area contributed by atoms with Crippen LogP contribution < -0.4 is 5.32 Å². The molecule has 0 aliphatic rings. The SMILES string of the molecule is C=C(NCC(=O)O)C(C)=O. The van der Waals surface area contributed by atoms with Gasteiger partial charge in [0, 0.05) is 6.92 Å². The highest BCUT2D eigenvalue weighted by molar-refractivity contribution is 5.92. The van der Waals surface area contributed by atoms with Crippen molar-refractivity contribution in [3.63, 3.8) is 0 Å². The molecule has 0 unspecified atom stereocenters. The number of carboxylic acid groups (broad SMARTS) is 1. The predicted molar refractivity (Wildman–Crippen MR) is 35.5 cm³/mol. The maximum atomic E-state index is 10.4. The lowest BCUT2D eigenvalue weighted by molar-refractivity contribution is -0.135. The molecule has 0 saturated heterocycles. The lowest BCUT2D eigenvalue weighted by atomic mass is 10.3. The Balaban J connectivity index is 3.60. The molecule has 0 aromatic heterocycles. The van der Waals surface area contributed by atoms with Crippen molar-refractivity contribution in [2.24, 2.45) is 0 Å². The summed E-state index contributed by atoms with van der Waals surface area (Å²) in [6.45, 7) is 4.35. The molecule has 0 fully saturated rings. The second kappa shape index (κ2) is 3.66. The van der Waals surface area contributed by atoms with Crippen LogP contribution in [0.25, 0.3) is 0 Å². The second-order valence-electron chi connectivity index (χ2n) is 1.78. The van der Waals surface area contributed by atoms with Crippen molar-refractivity contribution < 1.29 is 14.7 Å². The molecule has 0 radical (unpaired) electrons. The third-order valence-electron chi connectivity index (χ3n) is 0.878. The van der Waals surface area contributed by atoms with E-state index >= 15 is 0 Å². The number of carboxylic acids is 1. The van der Waals surface area contributed by atoms with E-state index in [2.05, 4.69) is 11.9 Å². The molecule has 0 heterocycles. The summed E-state index contributed by atoms with van der Waals surface area (Å²) >= 11 is 0. The molecule has 0 aliphatic carbocycles. The number of hydrogen-bond donors (Lipinski definition) is 2. The van der Waals surface area contributed by atoms with Crippen molar-refractivity contribution >= 4 is 11.8 Å². The molecule has 4 heteroatoms. The summed E-state index contributed by atoms with van der Waals surface area (Å²) in [5.74, 6) is -1.26. The number of carbonyl (C=O) groups is 2. The summed E-state index contributed by atoms with van der Waals surface area (Å²) in [5.41, 5.74) is 0.127. The molecule has 2 N–H and O–H groups in total. The number of rotatable bonds is 4. The number of nitrogens with one attached hydrogen (secondary N) is 1. The van der Waals surface area contributed by atoms with Gasteiger partial charge in [-0.3, -0.25) is 9.59 Å². The zero-order valence-corrected chi connectivity index (χ0v) is 5.68. The van der Waals surface area contributed by atoms with Crippen molar-refractivity contribution in [1.82, 2.24) is 5.32 Å². The predicted octanol–water partition coefficient (Wildman–Crippen LogP) is -0.237. The summed E-state index contributed by atoms with van der Waals surface area (Å²) in [6, 6.07) is 0. The van der Waals surface area contributed by atoms with Crippen LogP contribution in [0.1, 0.15) is 6.92 Å². The average molecular weight is 143 g/mol. The lowest BCUT2D eigenvalue weighted by Gasteiger charge is -2.00. The maximum Gasteiger partial charge on any atom is 0.322 e. The molecule has 0 saturated carbocycles. The van der Waals surface area contributed by atoms with Gasteiger partial charge in [-0.25, -0.2) is 0 Å². The first-order valence-corrected chi connectivity index (χ1v) is 2.69. The normalized spacial score (nSPS) is 8.50. The number of allylic oxidation sites excluding steroid dienone is 1. The fourth-order valence-electron chi connectivity index (χ4n) is 0.307. The Labute approximate surface area is 58.5 Å². The van der Waals surface area contributed by atoms with E-state index in [9.17, 15) is 9.59 Å². The van der Waals surface area contributed by atoms with Crippen molar-refractivity contribution in [1.29, 1.82) is 0 Å². The van der Waals surface area contributed by atoms with E-state index < -0.39 is 5.97 Å². The van der Waals surface area contributed by atoms with Gasteiger partial charge in [-0.05, 0) is 0 Å². The van der Waals surface area contributed by atoms with Gasteiger partial charge in [-0.2, -0.15) is 0 Å². The topological polar surface area (TPSA) is 66.4 Å². The summed E-state index contributed by atoms with van der Waals surface area (Å²) in [7, 11) is 0. The van der Waals surface area contributed by atoms with Gasteiger partial charge >= 0.3 is 5.97 Å². The zero-order chi connectivity index (χ0) is 8.15. The fourth-order valence-corrected chi connectivity index (χ4v) is 0.307. The van der Waals surface area contributed by atoms with Crippen LogP contribution in [0.4, 0.5) is 0 Å². The Morgan fingerprint density at radius 3 is 2.40 bits per heavy atom. The van der Waals surface area contributed by atoms with Crippen molar-refractivity contribution in [3.05, 3.63) is 12.3 Å². The summed E-state index contributed by atoms with van der Waals surface area (Å²) in [4.78, 5) is 20.3. The largest absolute Gasteiger partial charge is 0.480 e. The fraction of sp³-hybridized carbons (Fsp3) is 0.333. The van der Waals surface area contributed by atoms with Crippen molar-refractivity contribution in [2.75, 3.05) is 6.54 Å². The number of ketones is 1. The van der Waals surface area contributed by atoms with Gasteiger partial charge in [0.25, 0.3) is 0 Å². The average Bonchev–Trinajstić information content (AvgIpc) is 1.82. The molecule has 10 heavy (non-hydrogen) atoms. The molecule has 0 spiro atoms. The quantitative estimate of drug-likeness (QED) is 0.533. The third-order valence-corrected chi connectivity index (χ3v) is 0.878. The van der Waals surface area contributed by atoms with Crippen LogP contribution in [0.3, 0.4) is 0 Å². The third kappa shape index (κ3) is 3.65. The monoisotopic (exact) mass is 143 g/mol. The van der Waals surface area contributed by atoms with Gasteiger partial charge in [-0.1, -0.05) is 6.58 Å². The summed E-state index contributed by atoms with van der Waals surface area (Å²) < 4.78 is 0. The Morgan fingerprint density at radius 2 is 2.10 bits per heavy atom. The van der Waals surface area contributed by atoms with E-state index in [1.807, 2.05) is 0 Å². The van der Waals surface area contributed by atoms with Gasteiger partial charge < -0.3 is 10.4 Å². The Morgan fingerprint density at radius 1 is 1.60 bits per heavy atom. The van der Waals surface area contributed by atoms with Crippen molar-refractivity contribution in [2.45, 2.75) is 6.92 Å². The molecule has 4 nitrogen and oxygen atoms in total. The van der Waals surface area contributed by atoms with Crippen LogP contribution in [-0.4, -0.2) is 23.4 Å². The number of aliphatic carboxylic acids is 1. The van der Waals surface area contributed by atoms with E-state index in [1.165, 1.54) is 6.92 Å². The van der Waals surface area contributed by atoms with Crippen LogP contribution in [0, 0.1) is 0 Å². The Hall–Kier alpha value is -1.32. The minimum atomic E-state index is -1.01. The van der Waals surface area contributed by atoms with E-state index in [0.717, 1.165) is 0 Å². The molecule has 0 aromatic rings. The highest BCUT2D eigenvalue weighted by Gasteiger charge is 2.00. The first-order valence-electron chi connectivity index (χ1n) is 2.69. The molecule has 0 aromatic carbocycles. The molecular weight excluding hydrogens is 134 g/mol. The van der Waals surface area contributed by atoms with Gasteiger partial charge in [0.1, 0.15) is 6.54 Å². The Bertz CT molecular complexity index is 174.